The fourth-order valence-corrected chi connectivity index (χ4v) is 4.94. The minimum absolute atomic E-state index is 0.0255. The molecule has 0 aliphatic heterocycles. The van der Waals surface area contributed by atoms with Crippen molar-refractivity contribution in [2.75, 3.05) is 13.6 Å². The lowest BCUT2D eigenvalue weighted by molar-refractivity contribution is 0.0951. The maximum atomic E-state index is 13.9. The Morgan fingerprint density at radius 3 is 2.41 bits per heavy atom. The molecule has 0 fully saturated rings. The van der Waals surface area contributed by atoms with Gasteiger partial charge in [-0.15, -0.1) is 0 Å². The van der Waals surface area contributed by atoms with E-state index in [1.165, 1.54) is 48.0 Å². The first-order valence-corrected chi connectivity index (χ1v) is 13.0. The van der Waals surface area contributed by atoms with Gasteiger partial charge in [0.1, 0.15) is 23.0 Å². The lowest BCUT2D eigenvalue weighted by Gasteiger charge is -2.17. The first kappa shape index (κ1) is 26.1. The number of aromatic amines is 1. The highest BCUT2D eigenvalue weighted by molar-refractivity contribution is 7.89. The van der Waals surface area contributed by atoms with E-state index in [1.807, 2.05) is 0 Å². The van der Waals surface area contributed by atoms with Crippen molar-refractivity contribution >= 4 is 26.8 Å². The first-order chi connectivity index (χ1) is 17.5. The topological polar surface area (TPSA) is 122 Å². The zero-order chi connectivity index (χ0) is 27.1. The number of aromatic nitrogens is 2. The fraction of sp³-hybridized carbons (Fsp3) is 0.231. The van der Waals surface area contributed by atoms with Gasteiger partial charge in [-0.3, -0.25) is 9.59 Å². The molecule has 9 nitrogen and oxygen atoms in total. The number of H-pyrrole nitrogens is 1. The zero-order valence-electron chi connectivity index (χ0n) is 21.0. The number of ether oxygens (including phenoxy) is 1. The molecule has 0 aliphatic carbocycles. The van der Waals surface area contributed by atoms with Gasteiger partial charge in [0, 0.05) is 30.9 Å². The van der Waals surface area contributed by atoms with Crippen molar-refractivity contribution in [3.8, 4) is 22.6 Å². The number of fused-ring (bicyclic) bond motifs is 1. The van der Waals surface area contributed by atoms with Crippen LogP contribution in [0.15, 0.2) is 52.3 Å². The average Bonchev–Trinajstić information content (AvgIpc) is 3.30. The van der Waals surface area contributed by atoms with Gasteiger partial charge in [-0.1, -0.05) is 0 Å². The summed E-state index contributed by atoms with van der Waals surface area (Å²) in [7, 11) is -0.959. The largest absolute Gasteiger partial charge is 0.456 e. The van der Waals surface area contributed by atoms with Crippen LogP contribution in [-0.4, -0.2) is 37.5 Å². The second-order valence-corrected chi connectivity index (χ2v) is 10.5. The summed E-state index contributed by atoms with van der Waals surface area (Å²) in [6.45, 7) is 5.59. The molecule has 2 aromatic heterocycles. The summed E-state index contributed by atoms with van der Waals surface area (Å²) < 4.78 is 49.1. The molecule has 0 bridgehead atoms. The molecule has 0 spiro atoms. The maximum absolute atomic E-state index is 13.9. The van der Waals surface area contributed by atoms with Crippen molar-refractivity contribution in [3.63, 3.8) is 0 Å². The maximum Gasteiger partial charge on any atom is 0.267 e. The third-order valence-corrected chi connectivity index (χ3v) is 7.41. The number of sulfonamides is 1. The quantitative estimate of drug-likeness (QED) is 0.339. The van der Waals surface area contributed by atoms with E-state index in [4.69, 9.17) is 4.74 Å². The molecule has 37 heavy (non-hydrogen) atoms. The Morgan fingerprint density at radius 2 is 1.78 bits per heavy atom. The number of aryl methyl sites for hydroxylation is 3. The Labute approximate surface area is 213 Å². The Hall–Kier alpha value is -3.96. The van der Waals surface area contributed by atoms with Crippen LogP contribution >= 0.6 is 0 Å². The molecule has 0 saturated heterocycles. The van der Waals surface area contributed by atoms with Crippen LogP contribution < -0.4 is 20.3 Å². The van der Waals surface area contributed by atoms with Crippen molar-refractivity contribution in [2.24, 2.45) is 7.05 Å². The van der Waals surface area contributed by atoms with Crippen LogP contribution in [-0.2, 0) is 17.1 Å². The first-order valence-electron chi connectivity index (χ1n) is 11.5. The smallest absolute Gasteiger partial charge is 0.267 e. The molecule has 0 atom stereocenters. The Kier molecular flexibility index (Phi) is 6.94. The Bertz CT molecular complexity index is 1680. The molecule has 194 valence electrons. The summed E-state index contributed by atoms with van der Waals surface area (Å²) in [5.41, 5.74) is 2.10. The molecule has 0 radical (unpaired) electrons. The monoisotopic (exact) mass is 526 g/mol. The number of hydrogen-bond acceptors (Lipinski definition) is 5. The van der Waals surface area contributed by atoms with Crippen molar-refractivity contribution in [3.05, 3.63) is 75.6 Å². The number of carbonyl (C=O) groups excluding carboxylic acids is 1. The SMILES string of the molecule is CCNC(=O)c1cc2c(=O)n(C)cc(-c3cc(S(=O)(=O)NC)ccc3Oc3c(C)cc(F)cc3C)c2[nH]1. The highest BCUT2D eigenvalue weighted by Crippen LogP contribution is 2.39. The van der Waals surface area contributed by atoms with Gasteiger partial charge in [0.05, 0.1) is 15.8 Å². The van der Waals surface area contributed by atoms with Crippen LogP contribution in [0.25, 0.3) is 22.0 Å². The van der Waals surface area contributed by atoms with Crippen molar-refractivity contribution in [1.82, 2.24) is 19.6 Å². The van der Waals surface area contributed by atoms with Gasteiger partial charge >= 0.3 is 0 Å². The van der Waals surface area contributed by atoms with Crippen LogP contribution in [0, 0.1) is 19.7 Å². The van der Waals surface area contributed by atoms with Gasteiger partial charge in [0.15, 0.2) is 0 Å². The van der Waals surface area contributed by atoms with Crippen molar-refractivity contribution in [1.29, 1.82) is 0 Å². The highest BCUT2D eigenvalue weighted by Gasteiger charge is 2.22. The number of benzene rings is 2. The number of hydrogen-bond donors (Lipinski definition) is 3. The second kappa shape index (κ2) is 9.83. The van der Waals surface area contributed by atoms with E-state index in [9.17, 15) is 22.4 Å². The number of halogens is 1. The van der Waals surface area contributed by atoms with Crippen LogP contribution in [0.5, 0.6) is 11.5 Å². The Balaban J connectivity index is 2.02. The normalized spacial score (nSPS) is 11.6. The summed E-state index contributed by atoms with van der Waals surface area (Å²) >= 11 is 0. The van der Waals surface area contributed by atoms with Gasteiger partial charge in [-0.25, -0.2) is 17.5 Å². The minimum Gasteiger partial charge on any atom is -0.456 e. The van der Waals surface area contributed by atoms with Crippen molar-refractivity contribution in [2.45, 2.75) is 25.7 Å². The van der Waals surface area contributed by atoms with Crippen LogP contribution in [0.4, 0.5) is 4.39 Å². The summed E-state index contributed by atoms with van der Waals surface area (Å²) in [5, 5.41) is 2.94. The van der Waals surface area contributed by atoms with Gasteiger partial charge in [0.2, 0.25) is 10.0 Å². The molecule has 0 saturated carbocycles. The lowest BCUT2D eigenvalue weighted by atomic mass is 10.0. The van der Waals surface area contributed by atoms with E-state index in [0.29, 0.717) is 40.1 Å². The third kappa shape index (κ3) is 4.87. The number of nitrogens with zero attached hydrogens (tertiary/aromatic N) is 1. The van der Waals surface area contributed by atoms with Crippen molar-refractivity contribution < 1.29 is 22.3 Å². The lowest BCUT2D eigenvalue weighted by Crippen LogP contribution is -2.22. The molecule has 4 aromatic rings. The number of rotatable bonds is 7. The highest BCUT2D eigenvalue weighted by atomic mass is 32.2. The van der Waals surface area contributed by atoms with E-state index in [0.717, 1.165) is 0 Å². The molecule has 0 unspecified atom stereocenters. The molecular formula is C26H27FN4O5S. The third-order valence-electron chi connectivity index (χ3n) is 6.00. The standard InChI is InChI=1S/C26H27FN4O5S/c1-6-29-25(32)21-12-19-23(30-21)20(13-31(5)26(19)33)18-11-17(37(34,35)28-4)7-8-22(18)36-24-14(2)9-16(27)10-15(24)3/h7-13,28,30H,6H2,1-5H3,(H,29,32). The Morgan fingerprint density at radius 1 is 1.11 bits per heavy atom. The van der Waals surface area contributed by atoms with Gasteiger partial charge in [-0.2, -0.15) is 0 Å². The number of nitrogens with one attached hydrogen (secondary N) is 3. The van der Waals surface area contributed by atoms with E-state index in [1.54, 1.807) is 34.0 Å². The molecule has 1 amide bonds. The van der Waals surface area contributed by atoms with E-state index in [2.05, 4.69) is 15.0 Å². The van der Waals surface area contributed by atoms with Crippen LogP contribution in [0.2, 0.25) is 0 Å². The summed E-state index contributed by atoms with van der Waals surface area (Å²) in [4.78, 5) is 28.4. The molecule has 0 aliphatic rings. The zero-order valence-corrected chi connectivity index (χ0v) is 21.8. The van der Waals surface area contributed by atoms with Gasteiger partial charge < -0.3 is 19.6 Å². The second-order valence-electron chi connectivity index (χ2n) is 8.63. The molecule has 4 rings (SSSR count). The predicted molar refractivity (Wildman–Crippen MR) is 139 cm³/mol. The van der Waals surface area contributed by atoms with Gasteiger partial charge in [0.25, 0.3) is 11.5 Å². The molecule has 3 N–H and O–H groups in total. The number of amides is 1. The average molecular weight is 527 g/mol. The molecular weight excluding hydrogens is 499 g/mol. The summed E-state index contributed by atoms with van der Waals surface area (Å²) in [6, 6.07) is 8.49. The predicted octanol–water partition coefficient (Wildman–Crippen LogP) is 3.74. The fourth-order valence-electron chi connectivity index (χ4n) is 4.19. The van der Waals surface area contributed by atoms with Crippen LogP contribution in [0.1, 0.15) is 28.5 Å². The minimum atomic E-state index is -3.83. The molecule has 2 heterocycles. The number of pyridine rings is 1. The molecule has 2 aromatic carbocycles. The van der Waals surface area contributed by atoms with Crippen LogP contribution in [0.3, 0.4) is 0 Å². The van der Waals surface area contributed by atoms with E-state index >= 15 is 0 Å². The van der Waals surface area contributed by atoms with E-state index in [-0.39, 0.29) is 33.2 Å². The molecule has 11 heteroatoms. The van der Waals surface area contributed by atoms with Gasteiger partial charge in [-0.05, 0) is 75.3 Å². The number of carbonyl (C=O) groups is 1. The summed E-state index contributed by atoms with van der Waals surface area (Å²) in [6.07, 6.45) is 1.55. The van der Waals surface area contributed by atoms with E-state index < -0.39 is 15.8 Å². The summed E-state index contributed by atoms with van der Waals surface area (Å²) in [5.74, 6) is -0.0845.